The first kappa shape index (κ1) is 13.1. The van der Waals surface area contributed by atoms with Gasteiger partial charge in [0.2, 0.25) is 0 Å². The van der Waals surface area contributed by atoms with E-state index in [1.807, 2.05) is 5.32 Å². The highest BCUT2D eigenvalue weighted by atomic mass is 32.1. The Kier molecular flexibility index (Phi) is 3.52. The molecule has 0 bridgehead atoms. The molecule has 2 aromatic rings. The monoisotopic (exact) mass is 284 g/mol. The van der Waals surface area contributed by atoms with Crippen molar-refractivity contribution in [2.24, 2.45) is 0 Å². The molecule has 0 saturated heterocycles. The summed E-state index contributed by atoms with van der Waals surface area (Å²) >= 11 is 0.768. The summed E-state index contributed by atoms with van der Waals surface area (Å²) in [6, 6.07) is 3.14. The molecular weight excluding hydrogens is 278 g/mol. The van der Waals surface area contributed by atoms with Gasteiger partial charge in [-0.2, -0.15) is 0 Å². The molecule has 1 aromatic heterocycles. The molecule has 1 amide bonds. The van der Waals surface area contributed by atoms with E-state index < -0.39 is 29.2 Å². The number of amides is 1. The van der Waals surface area contributed by atoms with Crippen molar-refractivity contribution >= 4 is 28.9 Å². The van der Waals surface area contributed by atoms with E-state index in [4.69, 9.17) is 5.11 Å². The van der Waals surface area contributed by atoms with Gasteiger partial charge in [0.15, 0.2) is 10.7 Å². The molecular formula is C11H6F2N2O3S. The number of carboxylic acids is 1. The fraction of sp³-hybridized carbons (Fsp3) is 0. The number of nitrogens with one attached hydrogen (secondary N) is 1. The van der Waals surface area contributed by atoms with Crippen LogP contribution in [0.1, 0.15) is 20.3 Å². The number of carbonyl (C=O) groups is 2. The second-order valence-corrected chi connectivity index (χ2v) is 4.25. The van der Waals surface area contributed by atoms with Crippen LogP contribution in [0.25, 0.3) is 0 Å². The van der Waals surface area contributed by atoms with Crippen LogP contribution >= 0.6 is 11.3 Å². The van der Waals surface area contributed by atoms with Crippen LogP contribution < -0.4 is 5.32 Å². The molecule has 0 aliphatic carbocycles. The third-order valence-electron chi connectivity index (χ3n) is 2.12. The fourth-order valence-electron chi connectivity index (χ4n) is 1.26. The minimum absolute atomic E-state index is 0.194. The van der Waals surface area contributed by atoms with E-state index in [-0.39, 0.29) is 10.7 Å². The summed E-state index contributed by atoms with van der Waals surface area (Å²) in [5.41, 5.74) is -0.899. The Morgan fingerprint density at radius 3 is 2.42 bits per heavy atom. The predicted molar refractivity (Wildman–Crippen MR) is 63.4 cm³/mol. The van der Waals surface area contributed by atoms with Gasteiger partial charge in [-0.3, -0.25) is 4.79 Å². The molecule has 98 valence electrons. The van der Waals surface area contributed by atoms with Gasteiger partial charge in [-0.05, 0) is 12.1 Å². The summed E-state index contributed by atoms with van der Waals surface area (Å²) in [6.07, 6.45) is 0. The molecule has 0 unspecified atom stereocenters. The highest BCUT2D eigenvalue weighted by Crippen LogP contribution is 2.19. The molecule has 0 fully saturated rings. The minimum Gasteiger partial charge on any atom is -0.476 e. The molecule has 2 rings (SSSR count). The maximum atomic E-state index is 13.3. The number of aromatic carboxylic acids is 1. The van der Waals surface area contributed by atoms with Gasteiger partial charge in [0.25, 0.3) is 5.91 Å². The summed E-state index contributed by atoms with van der Waals surface area (Å²) in [5, 5.41) is 11.6. The lowest BCUT2D eigenvalue weighted by molar-refractivity contribution is 0.0691. The SMILES string of the molecule is O=C(O)c1csc(C(=O)Nc2c(F)cccc2F)n1. The molecule has 0 radical (unpaired) electrons. The normalized spacial score (nSPS) is 10.2. The number of halogens is 2. The van der Waals surface area contributed by atoms with Crippen LogP contribution in [0.5, 0.6) is 0 Å². The van der Waals surface area contributed by atoms with Crippen LogP contribution in [-0.4, -0.2) is 22.0 Å². The summed E-state index contributed by atoms with van der Waals surface area (Å²) in [5.74, 6) is -4.01. The second-order valence-electron chi connectivity index (χ2n) is 3.39. The summed E-state index contributed by atoms with van der Waals surface area (Å²) in [6.45, 7) is 0. The van der Waals surface area contributed by atoms with Gasteiger partial charge < -0.3 is 10.4 Å². The van der Waals surface area contributed by atoms with E-state index >= 15 is 0 Å². The summed E-state index contributed by atoms with van der Waals surface area (Å²) in [4.78, 5) is 25.8. The number of carboxylic acid groups (broad SMARTS) is 1. The van der Waals surface area contributed by atoms with E-state index in [1.54, 1.807) is 0 Å². The first-order chi connectivity index (χ1) is 8.99. The fourth-order valence-corrected chi connectivity index (χ4v) is 1.95. The molecule has 2 N–H and O–H groups in total. The minimum atomic E-state index is -1.28. The number of carbonyl (C=O) groups excluding carboxylic acids is 1. The van der Waals surface area contributed by atoms with Crippen LogP contribution in [0.3, 0.4) is 0 Å². The molecule has 0 aliphatic rings. The first-order valence-electron chi connectivity index (χ1n) is 4.93. The zero-order valence-corrected chi connectivity index (χ0v) is 10.0. The average Bonchev–Trinajstić information content (AvgIpc) is 2.83. The molecule has 19 heavy (non-hydrogen) atoms. The van der Waals surface area contributed by atoms with E-state index in [0.29, 0.717) is 0 Å². The topological polar surface area (TPSA) is 79.3 Å². The number of hydrogen-bond donors (Lipinski definition) is 2. The molecule has 0 spiro atoms. The van der Waals surface area contributed by atoms with Crippen molar-refractivity contribution in [3.63, 3.8) is 0 Å². The standard InChI is InChI=1S/C11H6F2N2O3S/c12-5-2-1-3-6(13)8(5)15-9(16)10-14-7(4-19-10)11(17)18/h1-4H,(H,15,16)(H,17,18). The largest absolute Gasteiger partial charge is 0.476 e. The van der Waals surface area contributed by atoms with Gasteiger partial charge in [-0.25, -0.2) is 18.6 Å². The Morgan fingerprint density at radius 1 is 1.26 bits per heavy atom. The number of benzene rings is 1. The molecule has 1 aromatic carbocycles. The number of para-hydroxylation sites is 1. The highest BCUT2D eigenvalue weighted by Gasteiger charge is 2.17. The Labute approximate surface area is 109 Å². The van der Waals surface area contributed by atoms with Gasteiger partial charge in [0.05, 0.1) is 0 Å². The van der Waals surface area contributed by atoms with Crippen molar-refractivity contribution < 1.29 is 23.5 Å². The Hall–Kier alpha value is -2.35. The number of aromatic nitrogens is 1. The highest BCUT2D eigenvalue weighted by molar-refractivity contribution is 7.12. The Bertz CT molecular complexity index is 637. The maximum absolute atomic E-state index is 13.3. The lowest BCUT2D eigenvalue weighted by Gasteiger charge is -2.05. The van der Waals surface area contributed by atoms with E-state index in [0.717, 1.165) is 34.9 Å². The zero-order valence-electron chi connectivity index (χ0n) is 9.18. The Morgan fingerprint density at radius 2 is 1.89 bits per heavy atom. The van der Waals surface area contributed by atoms with Crippen LogP contribution in [-0.2, 0) is 0 Å². The predicted octanol–water partition coefficient (Wildman–Crippen LogP) is 2.37. The lowest BCUT2D eigenvalue weighted by atomic mass is 10.3. The molecule has 8 heteroatoms. The summed E-state index contributed by atoms with van der Waals surface area (Å²) in [7, 11) is 0. The first-order valence-corrected chi connectivity index (χ1v) is 5.81. The summed E-state index contributed by atoms with van der Waals surface area (Å²) < 4.78 is 26.6. The molecule has 1 heterocycles. The lowest BCUT2D eigenvalue weighted by Crippen LogP contribution is -2.14. The van der Waals surface area contributed by atoms with Crippen molar-refractivity contribution in [3.05, 3.63) is 45.9 Å². The zero-order chi connectivity index (χ0) is 14.0. The number of rotatable bonds is 3. The van der Waals surface area contributed by atoms with Crippen molar-refractivity contribution in [2.45, 2.75) is 0 Å². The number of thiazole rings is 1. The maximum Gasteiger partial charge on any atom is 0.355 e. The van der Waals surface area contributed by atoms with Gasteiger partial charge in [0.1, 0.15) is 17.3 Å². The smallest absolute Gasteiger partial charge is 0.355 e. The van der Waals surface area contributed by atoms with E-state index in [9.17, 15) is 18.4 Å². The van der Waals surface area contributed by atoms with Gasteiger partial charge in [-0.1, -0.05) is 6.07 Å². The number of anilines is 1. The van der Waals surface area contributed by atoms with Crippen LogP contribution in [0.2, 0.25) is 0 Å². The van der Waals surface area contributed by atoms with E-state index in [1.165, 1.54) is 0 Å². The van der Waals surface area contributed by atoms with E-state index in [2.05, 4.69) is 4.98 Å². The molecule has 0 saturated carbocycles. The second kappa shape index (κ2) is 5.11. The van der Waals surface area contributed by atoms with Crippen molar-refractivity contribution in [2.75, 3.05) is 5.32 Å². The van der Waals surface area contributed by atoms with Crippen molar-refractivity contribution in [1.82, 2.24) is 4.98 Å². The molecule has 0 atom stereocenters. The van der Waals surface area contributed by atoms with Gasteiger partial charge in [-0.15, -0.1) is 11.3 Å². The van der Waals surface area contributed by atoms with Crippen molar-refractivity contribution in [3.8, 4) is 0 Å². The van der Waals surface area contributed by atoms with Crippen LogP contribution in [0.15, 0.2) is 23.6 Å². The number of nitrogens with zero attached hydrogens (tertiary/aromatic N) is 1. The van der Waals surface area contributed by atoms with Gasteiger partial charge in [0, 0.05) is 5.38 Å². The Balaban J connectivity index is 2.23. The number of hydrogen-bond acceptors (Lipinski definition) is 4. The quantitative estimate of drug-likeness (QED) is 0.906. The third-order valence-corrected chi connectivity index (χ3v) is 2.96. The third kappa shape index (κ3) is 2.74. The van der Waals surface area contributed by atoms with Crippen molar-refractivity contribution in [1.29, 1.82) is 0 Å². The average molecular weight is 284 g/mol. The van der Waals surface area contributed by atoms with Crippen LogP contribution in [0.4, 0.5) is 14.5 Å². The molecule has 5 nitrogen and oxygen atoms in total. The molecule has 0 aliphatic heterocycles. The van der Waals surface area contributed by atoms with Gasteiger partial charge >= 0.3 is 5.97 Å². The van der Waals surface area contributed by atoms with Crippen LogP contribution in [0, 0.1) is 11.6 Å².